The average molecular weight is 405 g/mol. The van der Waals surface area contributed by atoms with Crippen molar-refractivity contribution < 1.29 is 27.4 Å². The van der Waals surface area contributed by atoms with Crippen LogP contribution in [0.15, 0.2) is 23.4 Å². The maximum Gasteiger partial charge on any atom is 0.453 e. The van der Waals surface area contributed by atoms with Crippen molar-refractivity contribution in [1.82, 2.24) is 20.2 Å². The van der Waals surface area contributed by atoms with Crippen LogP contribution in [0.4, 0.5) is 13.2 Å². The van der Waals surface area contributed by atoms with Crippen LogP contribution in [-0.4, -0.2) is 47.3 Å². The highest BCUT2D eigenvalue weighted by atomic mass is 32.2. The number of hydrogen-bond acceptors (Lipinski definition) is 7. The summed E-state index contributed by atoms with van der Waals surface area (Å²) >= 11 is 0.765. The number of nitrogens with one attached hydrogen (secondary N) is 1. The van der Waals surface area contributed by atoms with E-state index in [0.29, 0.717) is 29.1 Å². The van der Waals surface area contributed by atoms with Gasteiger partial charge in [0.05, 0.1) is 20.0 Å². The van der Waals surface area contributed by atoms with Gasteiger partial charge in [-0.25, -0.2) is 4.68 Å². The standard InChI is InChI=1S/C15H18F3N5O3S/c1-25-10-4-3-9(7-11(10)26-2)5-6-20-12(24)8-27-14-22-21-13(23(14)19)15(16,17)18/h3-4,7H,5-6,8,19H2,1-2H3,(H,20,24). The summed E-state index contributed by atoms with van der Waals surface area (Å²) in [5.41, 5.74) is 0.928. The lowest BCUT2D eigenvalue weighted by molar-refractivity contribution is -0.146. The van der Waals surface area contributed by atoms with Gasteiger partial charge in [0.2, 0.25) is 11.1 Å². The van der Waals surface area contributed by atoms with Crippen LogP contribution < -0.4 is 20.6 Å². The van der Waals surface area contributed by atoms with Gasteiger partial charge in [0.15, 0.2) is 11.5 Å². The third kappa shape index (κ3) is 5.42. The number of rotatable bonds is 8. The Labute approximate surface area is 157 Å². The summed E-state index contributed by atoms with van der Waals surface area (Å²) in [5.74, 6) is 4.66. The van der Waals surface area contributed by atoms with Crippen molar-refractivity contribution >= 4 is 17.7 Å². The minimum atomic E-state index is -4.71. The lowest BCUT2D eigenvalue weighted by Crippen LogP contribution is -2.27. The van der Waals surface area contributed by atoms with E-state index < -0.39 is 12.0 Å². The highest BCUT2D eigenvalue weighted by molar-refractivity contribution is 7.99. The number of amides is 1. The molecule has 0 aliphatic carbocycles. The van der Waals surface area contributed by atoms with E-state index in [0.717, 1.165) is 17.3 Å². The predicted molar refractivity (Wildman–Crippen MR) is 92.2 cm³/mol. The number of alkyl halides is 3. The van der Waals surface area contributed by atoms with E-state index in [9.17, 15) is 18.0 Å². The smallest absolute Gasteiger partial charge is 0.453 e. The molecule has 27 heavy (non-hydrogen) atoms. The number of hydrogen-bond donors (Lipinski definition) is 2. The van der Waals surface area contributed by atoms with E-state index in [1.54, 1.807) is 12.1 Å². The van der Waals surface area contributed by atoms with Crippen molar-refractivity contribution in [2.75, 3.05) is 32.4 Å². The maximum absolute atomic E-state index is 12.6. The van der Waals surface area contributed by atoms with Gasteiger partial charge in [-0.1, -0.05) is 17.8 Å². The highest BCUT2D eigenvalue weighted by Crippen LogP contribution is 2.29. The summed E-state index contributed by atoms with van der Waals surface area (Å²) in [6, 6.07) is 5.41. The van der Waals surface area contributed by atoms with Gasteiger partial charge in [-0.2, -0.15) is 13.2 Å². The summed E-state index contributed by atoms with van der Waals surface area (Å²) in [5, 5.41) is 8.80. The lowest BCUT2D eigenvalue weighted by atomic mass is 10.1. The Kier molecular flexibility index (Phi) is 6.77. The highest BCUT2D eigenvalue weighted by Gasteiger charge is 2.38. The Hall–Kier alpha value is -2.63. The number of benzene rings is 1. The molecule has 0 spiro atoms. The van der Waals surface area contributed by atoms with Crippen LogP contribution in [-0.2, 0) is 17.4 Å². The number of methoxy groups -OCH3 is 2. The molecule has 1 aromatic heterocycles. The minimum Gasteiger partial charge on any atom is -0.493 e. The first-order chi connectivity index (χ1) is 12.8. The average Bonchev–Trinajstić information content (AvgIpc) is 3.00. The van der Waals surface area contributed by atoms with Gasteiger partial charge < -0.3 is 20.6 Å². The molecular weight excluding hydrogens is 387 g/mol. The number of aromatic nitrogens is 3. The van der Waals surface area contributed by atoms with E-state index in [1.165, 1.54) is 14.2 Å². The van der Waals surface area contributed by atoms with Gasteiger partial charge in [0.25, 0.3) is 5.82 Å². The van der Waals surface area contributed by atoms with Crippen LogP contribution in [0.25, 0.3) is 0 Å². The Balaban J connectivity index is 1.81. The maximum atomic E-state index is 12.6. The first kappa shape index (κ1) is 20.7. The molecule has 1 heterocycles. The number of nitrogens with two attached hydrogens (primary N) is 1. The SMILES string of the molecule is COc1ccc(CCNC(=O)CSc2nnc(C(F)(F)F)n2N)cc1OC. The second-order valence-electron chi connectivity index (χ2n) is 5.25. The van der Waals surface area contributed by atoms with E-state index in [1.807, 2.05) is 6.07 Å². The molecule has 0 fully saturated rings. The third-order valence-corrected chi connectivity index (χ3v) is 4.38. The normalized spacial score (nSPS) is 11.3. The molecule has 0 saturated carbocycles. The number of carbonyl (C=O) groups is 1. The number of carbonyl (C=O) groups excluding carboxylic acids is 1. The molecule has 148 valence electrons. The Morgan fingerprint density at radius 1 is 1.26 bits per heavy atom. The minimum absolute atomic E-state index is 0.140. The fraction of sp³-hybridized carbons (Fsp3) is 0.400. The second-order valence-corrected chi connectivity index (χ2v) is 6.19. The number of nitrogen functional groups attached to an aromatic ring is 1. The zero-order valence-corrected chi connectivity index (χ0v) is 15.4. The zero-order valence-electron chi connectivity index (χ0n) is 14.5. The van der Waals surface area contributed by atoms with Crippen LogP contribution in [0.5, 0.6) is 11.5 Å². The molecular formula is C15H18F3N5O3S. The van der Waals surface area contributed by atoms with Crippen LogP contribution in [0.2, 0.25) is 0 Å². The molecule has 0 saturated heterocycles. The molecule has 0 aliphatic heterocycles. The molecule has 3 N–H and O–H groups in total. The molecule has 1 aromatic carbocycles. The molecule has 12 heteroatoms. The number of thioether (sulfide) groups is 1. The topological polar surface area (TPSA) is 104 Å². The van der Waals surface area contributed by atoms with Crippen LogP contribution in [0.3, 0.4) is 0 Å². The lowest BCUT2D eigenvalue weighted by Gasteiger charge is -2.10. The van der Waals surface area contributed by atoms with Gasteiger partial charge in [0.1, 0.15) is 0 Å². The van der Waals surface area contributed by atoms with Gasteiger partial charge in [-0.15, -0.1) is 10.2 Å². The molecule has 0 radical (unpaired) electrons. The van der Waals surface area contributed by atoms with Crippen molar-refractivity contribution in [3.05, 3.63) is 29.6 Å². The largest absolute Gasteiger partial charge is 0.493 e. The summed E-state index contributed by atoms with van der Waals surface area (Å²) in [6.45, 7) is 0.345. The second kappa shape index (κ2) is 8.84. The van der Waals surface area contributed by atoms with Gasteiger partial charge in [0, 0.05) is 6.54 Å². The number of nitrogens with zero attached hydrogens (tertiary/aromatic N) is 3. The van der Waals surface area contributed by atoms with Crippen molar-refractivity contribution in [1.29, 1.82) is 0 Å². The Bertz CT molecular complexity index is 797. The fourth-order valence-corrected chi connectivity index (χ4v) is 2.82. The molecule has 0 unspecified atom stereocenters. The Morgan fingerprint density at radius 3 is 2.56 bits per heavy atom. The van der Waals surface area contributed by atoms with Crippen molar-refractivity contribution in [2.24, 2.45) is 0 Å². The summed E-state index contributed by atoms with van der Waals surface area (Å²) < 4.78 is 48.4. The van der Waals surface area contributed by atoms with Crippen LogP contribution in [0.1, 0.15) is 11.4 Å². The third-order valence-electron chi connectivity index (χ3n) is 3.43. The predicted octanol–water partition coefficient (Wildman–Crippen LogP) is 1.48. The zero-order chi connectivity index (χ0) is 20.0. The van der Waals surface area contributed by atoms with Crippen molar-refractivity contribution in [3.63, 3.8) is 0 Å². The van der Waals surface area contributed by atoms with Crippen molar-refractivity contribution in [3.8, 4) is 11.5 Å². The van der Waals surface area contributed by atoms with E-state index >= 15 is 0 Å². The van der Waals surface area contributed by atoms with Crippen LogP contribution >= 0.6 is 11.8 Å². The molecule has 2 rings (SSSR count). The van der Waals surface area contributed by atoms with Gasteiger partial charge in [-0.05, 0) is 24.1 Å². The Morgan fingerprint density at radius 2 is 1.96 bits per heavy atom. The van der Waals surface area contributed by atoms with Crippen molar-refractivity contribution in [2.45, 2.75) is 17.8 Å². The molecule has 8 nitrogen and oxygen atoms in total. The first-order valence-electron chi connectivity index (χ1n) is 7.64. The monoisotopic (exact) mass is 405 g/mol. The quantitative estimate of drug-likeness (QED) is 0.506. The van der Waals surface area contributed by atoms with Gasteiger partial charge >= 0.3 is 6.18 Å². The molecule has 1 amide bonds. The first-order valence-corrected chi connectivity index (χ1v) is 8.63. The number of ether oxygens (including phenoxy) is 2. The molecule has 0 aliphatic rings. The molecule has 0 atom stereocenters. The summed E-state index contributed by atoms with van der Waals surface area (Å²) in [7, 11) is 3.07. The van der Waals surface area contributed by atoms with E-state index in [2.05, 4.69) is 15.5 Å². The van der Waals surface area contributed by atoms with Crippen LogP contribution in [0, 0.1) is 0 Å². The van der Waals surface area contributed by atoms with Gasteiger partial charge in [-0.3, -0.25) is 4.79 Å². The molecule has 0 bridgehead atoms. The summed E-state index contributed by atoms with van der Waals surface area (Å²) in [6.07, 6.45) is -4.16. The van der Waals surface area contributed by atoms with E-state index in [-0.39, 0.29) is 16.8 Å². The fourth-order valence-electron chi connectivity index (χ4n) is 2.13. The molecule has 2 aromatic rings. The summed E-state index contributed by atoms with van der Waals surface area (Å²) in [4.78, 5) is 11.8. The van der Waals surface area contributed by atoms with E-state index in [4.69, 9.17) is 15.3 Å². The number of halogens is 3.